The summed E-state index contributed by atoms with van der Waals surface area (Å²) in [5.41, 5.74) is 0.556. The Morgan fingerprint density at radius 3 is 2.80 bits per heavy atom. The molecule has 0 aliphatic heterocycles. The van der Waals surface area contributed by atoms with E-state index in [0.717, 1.165) is 12.8 Å². The first-order chi connectivity index (χ1) is 9.56. The number of aromatic nitrogens is 2. The predicted molar refractivity (Wildman–Crippen MR) is 80.8 cm³/mol. The van der Waals surface area contributed by atoms with Gasteiger partial charge in [-0.05, 0) is 24.3 Å². The SMILES string of the molecule is CCC(CC)C(=O)N(C)Cc1nc2ccsc2c(=O)[nH]1. The Morgan fingerprint density at radius 1 is 1.45 bits per heavy atom. The molecule has 108 valence electrons. The largest absolute Gasteiger partial charge is 0.338 e. The summed E-state index contributed by atoms with van der Waals surface area (Å²) in [7, 11) is 1.75. The first-order valence-corrected chi connectivity index (χ1v) is 7.66. The molecule has 0 fully saturated rings. The molecule has 0 spiro atoms. The highest BCUT2D eigenvalue weighted by Crippen LogP contribution is 2.15. The zero-order chi connectivity index (χ0) is 14.7. The molecule has 2 aromatic heterocycles. The Kier molecular flexibility index (Phi) is 4.54. The normalized spacial score (nSPS) is 11.2. The van der Waals surface area contributed by atoms with Crippen LogP contribution >= 0.6 is 11.3 Å². The van der Waals surface area contributed by atoms with Crippen LogP contribution in [0.5, 0.6) is 0 Å². The summed E-state index contributed by atoms with van der Waals surface area (Å²) in [6.07, 6.45) is 1.65. The molecule has 0 aliphatic carbocycles. The zero-order valence-electron chi connectivity index (χ0n) is 12.0. The molecule has 0 unspecified atom stereocenters. The maximum absolute atomic E-state index is 12.2. The van der Waals surface area contributed by atoms with E-state index in [9.17, 15) is 9.59 Å². The van der Waals surface area contributed by atoms with Crippen LogP contribution in [0.1, 0.15) is 32.5 Å². The maximum Gasteiger partial charge on any atom is 0.268 e. The third-order valence-electron chi connectivity index (χ3n) is 3.46. The van der Waals surface area contributed by atoms with Gasteiger partial charge in [-0.15, -0.1) is 11.3 Å². The van der Waals surface area contributed by atoms with Crippen molar-refractivity contribution in [2.75, 3.05) is 7.05 Å². The summed E-state index contributed by atoms with van der Waals surface area (Å²) >= 11 is 1.37. The number of carbonyl (C=O) groups is 1. The highest BCUT2D eigenvalue weighted by Gasteiger charge is 2.19. The van der Waals surface area contributed by atoms with E-state index < -0.39 is 0 Å². The topological polar surface area (TPSA) is 66.1 Å². The molecule has 20 heavy (non-hydrogen) atoms. The molecule has 5 nitrogen and oxygen atoms in total. The third kappa shape index (κ3) is 2.90. The standard InChI is InChI=1S/C14H19N3O2S/c1-4-9(5-2)14(19)17(3)8-11-15-10-6-7-20-12(10)13(18)16-11/h6-7,9H,4-5,8H2,1-3H3,(H,15,16,18). The molecular formula is C14H19N3O2S. The maximum atomic E-state index is 12.2. The van der Waals surface area contributed by atoms with Crippen molar-refractivity contribution in [2.24, 2.45) is 5.92 Å². The molecule has 1 N–H and O–H groups in total. The van der Waals surface area contributed by atoms with Crippen molar-refractivity contribution >= 4 is 27.5 Å². The molecule has 0 aliphatic rings. The number of H-pyrrole nitrogens is 1. The van der Waals surface area contributed by atoms with Crippen molar-refractivity contribution in [3.05, 3.63) is 27.6 Å². The quantitative estimate of drug-likeness (QED) is 0.920. The van der Waals surface area contributed by atoms with Gasteiger partial charge in [0.2, 0.25) is 5.91 Å². The van der Waals surface area contributed by atoms with Crippen molar-refractivity contribution in [1.29, 1.82) is 0 Å². The lowest BCUT2D eigenvalue weighted by Crippen LogP contribution is -2.33. The number of thiophene rings is 1. The van der Waals surface area contributed by atoms with E-state index >= 15 is 0 Å². The van der Waals surface area contributed by atoms with Crippen LogP contribution in [0, 0.1) is 5.92 Å². The lowest BCUT2D eigenvalue weighted by molar-refractivity contribution is -0.135. The second-order valence-corrected chi connectivity index (χ2v) is 5.77. The number of fused-ring (bicyclic) bond motifs is 1. The van der Waals surface area contributed by atoms with Crippen LogP contribution in [-0.2, 0) is 11.3 Å². The highest BCUT2D eigenvalue weighted by molar-refractivity contribution is 7.17. The molecule has 0 saturated carbocycles. The highest BCUT2D eigenvalue weighted by atomic mass is 32.1. The smallest absolute Gasteiger partial charge is 0.268 e. The van der Waals surface area contributed by atoms with E-state index in [-0.39, 0.29) is 17.4 Å². The Balaban J connectivity index is 2.19. The van der Waals surface area contributed by atoms with Gasteiger partial charge >= 0.3 is 0 Å². The van der Waals surface area contributed by atoms with Gasteiger partial charge in [0.1, 0.15) is 10.5 Å². The van der Waals surface area contributed by atoms with Crippen molar-refractivity contribution < 1.29 is 4.79 Å². The Labute approximate surface area is 121 Å². The second-order valence-electron chi connectivity index (χ2n) is 4.86. The Morgan fingerprint density at radius 2 is 2.15 bits per heavy atom. The van der Waals surface area contributed by atoms with E-state index in [4.69, 9.17) is 0 Å². The minimum Gasteiger partial charge on any atom is -0.338 e. The minimum atomic E-state index is -0.136. The number of nitrogens with zero attached hydrogens (tertiary/aromatic N) is 2. The van der Waals surface area contributed by atoms with E-state index in [1.54, 1.807) is 11.9 Å². The first kappa shape index (κ1) is 14.7. The summed E-state index contributed by atoms with van der Waals surface area (Å²) in [5, 5.41) is 1.84. The monoisotopic (exact) mass is 293 g/mol. The third-order valence-corrected chi connectivity index (χ3v) is 4.36. The van der Waals surface area contributed by atoms with E-state index in [1.165, 1.54) is 11.3 Å². The number of carbonyl (C=O) groups excluding carboxylic acids is 1. The molecule has 0 aromatic carbocycles. The fourth-order valence-corrected chi connectivity index (χ4v) is 2.97. The molecule has 0 radical (unpaired) electrons. The van der Waals surface area contributed by atoms with E-state index in [2.05, 4.69) is 9.97 Å². The molecule has 6 heteroatoms. The van der Waals surface area contributed by atoms with Crippen LogP contribution in [0.25, 0.3) is 10.2 Å². The van der Waals surface area contributed by atoms with E-state index in [1.807, 2.05) is 25.3 Å². The average Bonchev–Trinajstić information content (AvgIpc) is 2.88. The van der Waals surface area contributed by atoms with Gasteiger partial charge in [-0.25, -0.2) is 4.98 Å². The number of hydrogen-bond acceptors (Lipinski definition) is 4. The van der Waals surface area contributed by atoms with Crippen molar-refractivity contribution in [3.63, 3.8) is 0 Å². The molecule has 0 saturated heterocycles. The number of rotatable bonds is 5. The van der Waals surface area contributed by atoms with Crippen LogP contribution < -0.4 is 5.56 Å². The number of amides is 1. The molecular weight excluding hydrogens is 274 g/mol. The molecule has 2 heterocycles. The van der Waals surface area contributed by atoms with Crippen LogP contribution in [0.2, 0.25) is 0 Å². The fourth-order valence-electron chi connectivity index (χ4n) is 2.25. The van der Waals surface area contributed by atoms with Gasteiger partial charge < -0.3 is 9.88 Å². The molecule has 2 rings (SSSR count). The number of hydrogen-bond donors (Lipinski definition) is 1. The minimum absolute atomic E-state index is 0.0385. The fraction of sp³-hybridized carbons (Fsp3) is 0.500. The first-order valence-electron chi connectivity index (χ1n) is 6.78. The van der Waals surface area contributed by atoms with Gasteiger partial charge in [0.15, 0.2) is 0 Å². The van der Waals surface area contributed by atoms with Crippen molar-refractivity contribution in [3.8, 4) is 0 Å². The second kappa shape index (κ2) is 6.17. The van der Waals surface area contributed by atoms with Crippen LogP contribution in [0.4, 0.5) is 0 Å². The zero-order valence-corrected chi connectivity index (χ0v) is 12.8. The average molecular weight is 293 g/mol. The summed E-state index contributed by atoms with van der Waals surface area (Å²) in [6.45, 7) is 4.35. The molecule has 2 aromatic rings. The lowest BCUT2D eigenvalue weighted by Gasteiger charge is -2.21. The number of nitrogens with one attached hydrogen (secondary N) is 1. The lowest BCUT2D eigenvalue weighted by atomic mass is 10.0. The number of aromatic amines is 1. The summed E-state index contributed by atoms with van der Waals surface area (Å²) < 4.78 is 0.628. The molecule has 0 bridgehead atoms. The summed E-state index contributed by atoms with van der Waals surface area (Å²) in [4.78, 5) is 32.9. The van der Waals surface area contributed by atoms with Gasteiger partial charge in [0.05, 0.1) is 12.1 Å². The molecule has 1 amide bonds. The Bertz CT molecular complexity index is 658. The van der Waals surface area contributed by atoms with Gasteiger partial charge in [-0.2, -0.15) is 0 Å². The van der Waals surface area contributed by atoms with Gasteiger partial charge in [-0.1, -0.05) is 13.8 Å². The van der Waals surface area contributed by atoms with Crippen LogP contribution in [-0.4, -0.2) is 27.8 Å². The molecule has 0 atom stereocenters. The van der Waals surface area contributed by atoms with Gasteiger partial charge in [0.25, 0.3) is 5.56 Å². The van der Waals surface area contributed by atoms with E-state index in [0.29, 0.717) is 22.6 Å². The van der Waals surface area contributed by atoms with Gasteiger partial charge in [0, 0.05) is 13.0 Å². The van der Waals surface area contributed by atoms with Gasteiger partial charge in [-0.3, -0.25) is 9.59 Å². The van der Waals surface area contributed by atoms with Crippen LogP contribution in [0.3, 0.4) is 0 Å². The van der Waals surface area contributed by atoms with Crippen molar-refractivity contribution in [2.45, 2.75) is 33.2 Å². The predicted octanol–water partition coefficient (Wildman–Crippen LogP) is 2.38. The summed E-state index contributed by atoms with van der Waals surface area (Å²) in [6, 6.07) is 1.82. The van der Waals surface area contributed by atoms with Crippen LogP contribution in [0.15, 0.2) is 16.2 Å². The van der Waals surface area contributed by atoms with Crippen molar-refractivity contribution in [1.82, 2.24) is 14.9 Å². The summed E-state index contributed by atoms with van der Waals surface area (Å²) in [5.74, 6) is 0.669. The Hall–Kier alpha value is -1.69.